The highest BCUT2D eigenvalue weighted by atomic mass is 35.5. The van der Waals surface area contributed by atoms with E-state index in [0.29, 0.717) is 45.8 Å². The predicted octanol–water partition coefficient (Wildman–Crippen LogP) is 5.66. The van der Waals surface area contributed by atoms with Crippen LogP contribution in [0.1, 0.15) is 12.0 Å². The molecule has 2 heterocycles. The SMILES string of the molecule is Cl.NCCCn1cc(-c2ccc(OC(F)(F)F)cc2)c2cc(CN3CCN(CC(F)(F)F)CC3)ccc21. The molecular formula is C25H29ClF6N4O. The third-order valence-electron chi connectivity index (χ3n) is 6.22. The summed E-state index contributed by atoms with van der Waals surface area (Å²) in [6.07, 6.45) is -6.21. The Labute approximate surface area is 217 Å². The molecule has 1 saturated heterocycles. The molecule has 0 aliphatic carbocycles. The molecule has 5 nitrogen and oxygen atoms in total. The van der Waals surface area contributed by atoms with Gasteiger partial charge in [-0.15, -0.1) is 25.6 Å². The van der Waals surface area contributed by atoms with Gasteiger partial charge in [-0.3, -0.25) is 9.80 Å². The van der Waals surface area contributed by atoms with Crippen molar-refractivity contribution in [1.29, 1.82) is 0 Å². The highest BCUT2D eigenvalue weighted by Gasteiger charge is 2.32. The van der Waals surface area contributed by atoms with Crippen molar-refractivity contribution >= 4 is 23.3 Å². The molecule has 1 aromatic heterocycles. The molecule has 0 atom stereocenters. The average Bonchev–Trinajstić information content (AvgIpc) is 3.15. The maximum atomic E-state index is 12.7. The van der Waals surface area contributed by atoms with E-state index in [4.69, 9.17) is 5.73 Å². The van der Waals surface area contributed by atoms with Crippen molar-refractivity contribution in [2.75, 3.05) is 39.3 Å². The molecule has 1 fully saturated rings. The molecule has 37 heavy (non-hydrogen) atoms. The van der Waals surface area contributed by atoms with Crippen LogP contribution < -0.4 is 10.5 Å². The van der Waals surface area contributed by atoms with Gasteiger partial charge in [0.2, 0.25) is 0 Å². The van der Waals surface area contributed by atoms with Crippen molar-refractivity contribution in [3.63, 3.8) is 0 Å². The fraction of sp³-hybridized carbons (Fsp3) is 0.440. The monoisotopic (exact) mass is 550 g/mol. The predicted molar refractivity (Wildman–Crippen MR) is 133 cm³/mol. The van der Waals surface area contributed by atoms with Crippen LogP contribution in [0.25, 0.3) is 22.0 Å². The Balaban J connectivity index is 0.00000380. The van der Waals surface area contributed by atoms with Gasteiger partial charge in [0.1, 0.15) is 5.75 Å². The minimum absolute atomic E-state index is 0. The zero-order valence-electron chi connectivity index (χ0n) is 20.0. The van der Waals surface area contributed by atoms with Gasteiger partial charge in [0.15, 0.2) is 0 Å². The van der Waals surface area contributed by atoms with Gasteiger partial charge in [0, 0.05) is 61.9 Å². The van der Waals surface area contributed by atoms with Crippen LogP contribution in [0.3, 0.4) is 0 Å². The van der Waals surface area contributed by atoms with Gasteiger partial charge < -0.3 is 15.0 Å². The van der Waals surface area contributed by atoms with Crippen LogP contribution in [-0.4, -0.2) is 66.2 Å². The molecule has 0 spiro atoms. The maximum Gasteiger partial charge on any atom is 0.573 e. The Morgan fingerprint density at radius 3 is 2.11 bits per heavy atom. The molecular weight excluding hydrogens is 522 g/mol. The van der Waals surface area contributed by atoms with E-state index in [1.54, 1.807) is 12.1 Å². The van der Waals surface area contributed by atoms with Crippen molar-refractivity contribution in [1.82, 2.24) is 14.4 Å². The lowest BCUT2D eigenvalue weighted by molar-refractivity contribution is -0.274. The number of fused-ring (bicyclic) bond motifs is 1. The van der Waals surface area contributed by atoms with E-state index in [2.05, 4.69) is 14.2 Å². The van der Waals surface area contributed by atoms with E-state index >= 15 is 0 Å². The Bertz CT molecular complexity index is 1150. The highest BCUT2D eigenvalue weighted by molar-refractivity contribution is 5.96. The molecule has 0 unspecified atom stereocenters. The number of ether oxygens (including phenoxy) is 1. The normalized spacial score (nSPS) is 15.6. The van der Waals surface area contributed by atoms with Gasteiger partial charge in [-0.1, -0.05) is 18.2 Å². The molecule has 0 amide bonds. The maximum absolute atomic E-state index is 12.7. The minimum Gasteiger partial charge on any atom is -0.406 e. The number of piperazine rings is 1. The number of rotatable bonds is 8. The zero-order chi connectivity index (χ0) is 25.9. The first-order chi connectivity index (χ1) is 17.0. The van der Waals surface area contributed by atoms with Gasteiger partial charge >= 0.3 is 12.5 Å². The lowest BCUT2D eigenvalue weighted by atomic mass is 10.0. The van der Waals surface area contributed by atoms with Crippen LogP contribution in [0.4, 0.5) is 26.3 Å². The zero-order valence-corrected chi connectivity index (χ0v) is 20.8. The number of benzene rings is 2. The smallest absolute Gasteiger partial charge is 0.406 e. The van der Waals surface area contributed by atoms with Gasteiger partial charge in [-0.2, -0.15) is 13.2 Å². The van der Waals surface area contributed by atoms with E-state index < -0.39 is 19.1 Å². The Kier molecular flexibility index (Phi) is 9.38. The summed E-state index contributed by atoms with van der Waals surface area (Å²) in [7, 11) is 0. The Morgan fingerprint density at radius 1 is 0.865 bits per heavy atom. The van der Waals surface area contributed by atoms with Crippen LogP contribution in [-0.2, 0) is 13.1 Å². The summed E-state index contributed by atoms with van der Waals surface area (Å²) in [4.78, 5) is 3.55. The molecule has 12 heteroatoms. The molecule has 4 rings (SSSR count). The highest BCUT2D eigenvalue weighted by Crippen LogP contribution is 2.34. The number of nitrogens with two attached hydrogens (primary N) is 1. The molecule has 1 aliphatic heterocycles. The number of aromatic nitrogens is 1. The molecule has 0 radical (unpaired) electrons. The van der Waals surface area contributed by atoms with E-state index in [1.807, 2.05) is 24.4 Å². The summed E-state index contributed by atoms with van der Waals surface area (Å²) < 4.78 is 81.7. The van der Waals surface area contributed by atoms with E-state index in [9.17, 15) is 26.3 Å². The van der Waals surface area contributed by atoms with Gasteiger partial charge in [-0.05, 0) is 48.4 Å². The molecule has 2 aromatic carbocycles. The third kappa shape index (κ3) is 8.00. The van der Waals surface area contributed by atoms with E-state index in [1.165, 1.54) is 17.0 Å². The Morgan fingerprint density at radius 2 is 1.51 bits per heavy atom. The van der Waals surface area contributed by atoms with Crippen LogP contribution >= 0.6 is 12.4 Å². The first-order valence-corrected chi connectivity index (χ1v) is 11.7. The fourth-order valence-electron chi connectivity index (χ4n) is 4.57. The molecule has 0 saturated carbocycles. The summed E-state index contributed by atoms with van der Waals surface area (Å²) in [6, 6.07) is 11.8. The second-order valence-electron chi connectivity index (χ2n) is 8.97. The molecule has 3 aromatic rings. The van der Waals surface area contributed by atoms with Crippen molar-refractivity contribution < 1.29 is 31.1 Å². The number of aryl methyl sites for hydroxylation is 1. The molecule has 1 aliphatic rings. The molecule has 2 N–H and O–H groups in total. The third-order valence-corrected chi connectivity index (χ3v) is 6.22. The van der Waals surface area contributed by atoms with Gasteiger partial charge in [-0.25, -0.2) is 0 Å². The molecule has 0 bridgehead atoms. The van der Waals surface area contributed by atoms with Gasteiger partial charge in [0.05, 0.1) is 6.54 Å². The minimum atomic E-state index is -4.76. The second-order valence-corrected chi connectivity index (χ2v) is 8.97. The summed E-state index contributed by atoms with van der Waals surface area (Å²) in [6.45, 7) is 2.72. The van der Waals surface area contributed by atoms with Crippen molar-refractivity contribution in [2.45, 2.75) is 32.0 Å². The van der Waals surface area contributed by atoms with Crippen molar-refractivity contribution in [2.24, 2.45) is 5.73 Å². The lowest BCUT2D eigenvalue weighted by Crippen LogP contribution is -2.48. The summed E-state index contributed by atoms with van der Waals surface area (Å²) in [5, 5.41) is 0.949. The summed E-state index contributed by atoms with van der Waals surface area (Å²) in [5.74, 6) is -0.288. The number of hydrogen-bond donors (Lipinski definition) is 1. The quantitative estimate of drug-likeness (QED) is 0.368. The van der Waals surface area contributed by atoms with E-state index in [-0.39, 0.29) is 18.2 Å². The number of alkyl halides is 6. The summed E-state index contributed by atoms with van der Waals surface area (Å²) >= 11 is 0. The fourth-order valence-corrected chi connectivity index (χ4v) is 4.57. The molecule has 204 valence electrons. The first-order valence-electron chi connectivity index (χ1n) is 11.7. The standard InChI is InChI=1S/C25H28F6N4O.ClH/c26-24(27,28)17-34-12-10-33(11-13-34)15-18-2-7-23-21(14-18)22(16-35(23)9-1-8-32)19-3-5-20(6-4-19)36-25(29,30)31;/h2-7,14,16H,1,8-13,15,17,32H2;1H. The van der Waals surface area contributed by atoms with E-state index in [0.717, 1.165) is 34.0 Å². The largest absolute Gasteiger partial charge is 0.573 e. The van der Waals surface area contributed by atoms with Crippen LogP contribution in [0.2, 0.25) is 0 Å². The van der Waals surface area contributed by atoms with Crippen molar-refractivity contribution in [3.8, 4) is 16.9 Å². The number of hydrogen-bond acceptors (Lipinski definition) is 4. The summed E-state index contributed by atoms with van der Waals surface area (Å²) in [5.41, 5.74) is 9.30. The number of nitrogens with zero attached hydrogens (tertiary/aromatic N) is 3. The van der Waals surface area contributed by atoms with Crippen LogP contribution in [0.15, 0.2) is 48.7 Å². The second kappa shape index (κ2) is 11.9. The number of halogens is 7. The van der Waals surface area contributed by atoms with Crippen LogP contribution in [0, 0.1) is 0 Å². The van der Waals surface area contributed by atoms with Crippen molar-refractivity contribution in [3.05, 3.63) is 54.2 Å². The average molecular weight is 551 g/mol. The van der Waals surface area contributed by atoms with Crippen LogP contribution in [0.5, 0.6) is 5.75 Å². The first kappa shape index (κ1) is 29.1. The Hall–Kier alpha value is -2.47. The lowest BCUT2D eigenvalue weighted by Gasteiger charge is -2.35. The van der Waals surface area contributed by atoms with Gasteiger partial charge in [0.25, 0.3) is 0 Å². The topological polar surface area (TPSA) is 46.7 Å².